The molecule has 1 atom stereocenters. The second kappa shape index (κ2) is 4.20. The van der Waals surface area contributed by atoms with Crippen LogP contribution in [0.1, 0.15) is 18.1 Å². The van der Waals surface area contributed by atoms with Crippen LogP contribution in [0, 0.1) is 0 Å². The predicted molar refractivity (Wildman–Crippen MR) is 54.9 cm³/mol. The molecule has 1 unspecified atom stereocenters. The van der Waals surface area contributed by atoms with Gasteiger partial charge in [0.15, 0.2) is 5.60 Å². The van der Waals surface area contributed by atoms with Crippen LogP contribution in [0.2, 0.25) is 0 Å². The van der Waals surface area contributed by atoms with E-state index in [1.807, 2.05) is 15.9 Å². The Bertz CT molecular complexity index is 408. The maximum atomic E-state index is 13.1. The van der Waals surface area contributed by atoms with Gasteiger partial charge in [-0.1, -0.05) is 18.2 Å². The first-order chi connectivity index (χ1) is 7.48. The van der Waals surface area contributed by atoms with Gasteiger partial charge in [0, 0.05) is 5.56 Å². The largest absolute Gasteiger partial charge is 0.416 e. The molecule has 0 heterocycles. The summed E-state index contributed by atoms with van der Waals surface area (Å²) in [4.78, 5) is -3.87. The lowest BCUT2D eigenvalue weighted by Crippen LogP contribution is -2.39. The molecule has 1 aromatic rings. The number of halogens is 6. The van der Waals surface area contributed by atoms with Gasteiger partial charge in [-0.2, -0.15) is 22.0 Å². The zero-order chi connectivity index (χ0) is 13.5. The first-order valence-electron chi connectivity index (χ1n) is 4.43. The summed E-state index contributed by atoms with van der Waals surface area (Å²) in [5.41, 5.74) is -5.13. The molecule has 0 amide bonds. The lowest BCUT2D eigenvalue weighted by Gasteiger charge is -2.30. The van der Waals surface area contributed by atoms with Crippen LogP contribution in [0.25, 0.3) is 0 Å². The van der Waals surface area contributed by atoms with Gasteiger partial charge >= 0.3 is 11.0 Å². The fraction of sp³-hybridized carbons (Fsp3) is 0.400. The van der Waals surface area contributed by atoms with E-state index < -0.39 is 27.7 Å². The van der Waals surface area contributed by atoms with E-state index in [1.54, 1.807) is 0 Å². The van der Waals surface area contributed by atoms with Gasteiger partial charge in [-0.25, -0.2) is 0 Å². The lowest BCUT2D eigenvalue weighted by atomic mass is 9.91. The Morgan fingerprint density at radius 2 is 1.41 bits per heavy atom. The lowest BCUT2D eigenvalue weighted by molar-refractivity contribution is -0.148. The highest BCUT2D eigenvalue weighted by Gasteiger charge is 2.51. The van der Waals surface area contributed by atoms with Gasteiger partial charge in [-0.05, 0) is 28.9 Å². The summed E-state index contributed by atoms with van der Waals surface area (Å²) in [6.45, 7) is 0.617. The number of benzene rings is 1. The van der Waals surface area contributed by atoms with Crippen LogP contribution in [0.4, 0.5) is 22.0 Å². The van der Waals surface area contributed by atoms with Crippen LogP contribution < -0.4 is 0 Å². The molecule has 17 heavy (non-hydrogen) atoms. The minimum atomic E-state index is -4.81. The van der Waals surface area contributed by atoms with Crippen LogP contribution in [-0.4, -0.2) is 9.94 Å². The summed E-state index contributed by atoms with van der Waals surface area (Å²) < 4.78 is 63.9. The molecular weight excluding hydrogens is 311 g/mol. The first-order valence-corrected chi connectivity index (χ1v) is 5.23. The van der Waals surface area contributed by atoms with Crippen molar-refractivity contribution in [2.45, 2.75) is 23.5 Å². The highest BCUT2D eigenvalue weighted by Crippen LogP contribution is 2.46. The van der Waals surface area contributed by atoms with Crippen molar-refractivity contribution in [2.75, 3.05) is 0 Å². The van der Waals surface area contributed by atoms with Crippen molar-refractivity contribution in [3.05, 3.63) is 35.4 Å². The van der Waals surface area contributed by atoms with Gasteiger partial charge in [0.25, 0.3) is 0 Å². The van der Waals surface area contributed by atoms with Gasteiger partial charge in [-0.3, -0.25) is 0 Å². The number of rotatable bonds is 2. The second-order valence-corrected chi connectivity index (χ2v) is 4.61. The highest BCUT2D eigenvalue weighted by molar-refractivity contribution is 9.10. The molecule has 7 heteroatoms. The van der Waals surface area contributed by atoms with Crippen LogP contribution in [0.3, 0.4) is 0 Å². The zero-order valence-electron chi connectivity index (χ0n) is 8.52. The quantitative estimate of drug-likeness (QED) is 0.647. The molecule has 0 aliphatic rings. The summed E-state index contributed by atoms with van der Waals surface area (Å²) in [7, 11) is 0. The molecule has 0 aliphatic heterocycles. The molecule has 0 bridgehead atoms. The van der Waals surface area contributed by atoms with Gasteiger partial charge in [-0.15, -0.1) is 0 Å². The Morgan fingerprint density at radius 3 is 1.76 bits per heavy atom. The third-order valence-corrected chi connectivity index (χ3v) is 3.08. The summed E-state index contributed by atoms with van der Waals surface area (Å²) >= 11 is 1.89. The molecule has 1 N–H and O–H groups in total. The molecule has 0 saturated carbocycles. The van der Waals surface area contributed by atoms with Crippen molar-refractivity contribution in [3.8, 4) is 0 Å². The number of hydrogen-bond donors (Lipinski definition) is 1. The van der Waals surface area contributed by atoms with Crippen LogP contribution in [0.5, 0.6) is 0 Å². The minimum absolute atomic E-state index is 0.617. The maximum Gasteiger partial charge on any atom is 0.416 e. The van der Waals surface area contributed by atoms with E-state index in [4.69, 9.17) is 0 Å². The number of hydrogen-bond acceptors (Lipinski definition) is 1. The average molecular weight is 319 g/mol. The van der Waals surface area contributed by atoms with E-state index in [9.17, 15) is 27.1 Å². The zero-order valence-corrected chi connectivity index (χ0v) is 10.1. The summed E-state index contributed by atoms with van der Waals surface area (Å²) in [5.74, 6) is 0. The molecule has 0 radical (unpaired) electrons. The van der Waals surface area contributed by atoms with Crippen LogP contribution in [-0.2, 0) is 11.8 Å². The number of aliphatic hydroxyl groups is 1. The molecule has 1 rings (SSSR count). The third kappa shape index (κ3) is 2.77. The van der Waals surface area contributed by atoms with Crippen molar-refractivity contribution in [1.82, 2.24) is 0 Å². The van der Waals surface area contributed by atoms with E-state index in [0.29, 0.717) is 13.0 Å². The van der Waals surface area contributed by atoms with Gasteiger partial charge in [0.1, 0.15) is 0 Å². The standard InChI is InChI=1S/C10H8BrF5O/c1-8(17,10(11,15)16)6-4-2-3-5-7(6)9(12,13)14/h2-5,17H,1H3. The molecule has 96 valence electrons. The topological polar surface area (TPSA) is 20.2 Å². The Kier molecular flexibility index (Phi) is 3.55. The number of alkyl halides is 6. The van der Waals surface area contributed by atoms with E-state index >= 15 is 0 Å². The normalized spacial score (nSPS) is 16.7. The van der Waals surface area contributed by atoms with Gasteiger partial charge < -0.3 is 5.11 Å². The van der Waals surface area contributed by atoms with E-state index in [1.165, 1.54) is 0 Å². The van der Waals surface area contributed by atoms with Crippen LogP contribution in [0.15, 0.2) is 24.3 Å². The molecule has 0 aliphatic carbocycles. The van der Waals surface area contributed by atoms with Crippen molar-refractivity contribution in [1.29, 1.82) is 0 Å². The van der Waals surface area contributed by atoms with E-state index in [2.05, 4.69) is 0 Å². The average Bonchev–Trinajstić information content (AvgIpc) is 2.14. The third-order valence-electron chi connectivity index (χ3n) is 2.31. The fourth-order valence-corrected chi connectivity index (χ4v) is 1.52. The molecule has 0 aromatic heterocycles. The summed E-state index contributed by atoms with van der Waals surface area (Å²) in [5, 5.41) is 9.57. The Labute approximate surface area is 102 Å². The first kappa shape index (κ1) is 14.4. The molecule has 1 nitrogen and oxygen atoms in total. The molecular formula is C10H8BrF5O. The van der Waals surface area contributed by atoms with E-state index in [0.717, 1.165) is 18.2 Å². The van der Waals surface area contributed by atoms with Gasteiger partial charge in [0.2, 0.25) is 0 Å². The van der Waals surface area contributed by atoms with Crippen molar-refractivity contribution >= 4 is 15.9 Å². The van der Waals surface area contributed by atoms with E-state index in [-0.39, 0.29) is 0 Å². The monoisotopic (exact) mass is 318 g/mol. The molecule has 0 saturated heterocycles. The Balaban J connectivity index is 3.43. The summed E-state index contributed by atoms with van der Waals surface area (Å²) in [6, 6.07) is 3.67. The Hall–Kier alpha value is -0.690. The van der Waals surface area contributed by atoms with Crippen molar-refractivity contribution in [2.24, 2.45) is 0 Å². The van der Waals surface area contributed by atoms with Gasteiger partial charge in [0.05, 0.1) is 5.56 Å². The van der Waals surface area contributed by atoms with Crippen LogP contribution >= 0.6 is 15.9 Å². The van der Waals surface area contributed by atoms with Crippen molar-refractivity contribution in [3.63, 3.8) is 0 Å². The predicted octanol–water partition coefficient (Wildman–Crippen LogP) is 3.90. The highest BCUT2D eigenvalue weighted by atomic mass is 79.9. The Morgan fingerprint density at radius 1 is 1.00 bits per heavy atom. The smallest absolute Gasteiger partial charge is 0.378 e. The van der Waals surface area contributed by atoms with Crippen molar-refractivity contribution < 1.29 is 27.1 Å². The fourth-order valence-electron chi connectivity index (χ4n) is 1.31. The summed E-state index contributed by atoms with van der Waals surface area (Å²) in [6.07, 6.45) is -4.81. The maximum absolute atomic E-state index is 13.1. The minimum Gasteiger partial charge on any atom is -0.378 e. The molecule has 0 fully saturated rings. The molecule has 0 spiro atoms. The second-order valence-electron chi connectivity index (χ2n) is 3.61. The molecule has 1 aromatic carbocycles. The SMILES string of the molecule is CC(O)(c1ccccc1C(F)(F)F)C(F)(F)Br.